The molecule has 0 fully saturated rings. The molecule has 0 bridgehead atoms. The predicted octanol–water partition coefficient (Wildman–Crippen LogP) is 16.3. The lowest BCUT2D eigenvalue weighted by atomic mass is 9.80. The molecule has 8 aromatic carbocycles. The van der Waals surface area contributed by atoms with E-state index in [1.165, 1.54) is 93.4 Å². The Morgan fingerprint density at radius 1 is 0.362 bits per heavy atom. The van der Waals surface area contributed by atoms with E-state index in [-0.39, 0.29) is 21.7 Å². The molecule has 58 heavy (non-hydrogen) atoms. The first kappa shape index (κ1) is 37.9. The fraction of sp³-hybridized carbons (Fsp3) is 0.286. The number of nitrogens with zero attached hydrogens (tertiary/aromatic N) is 2. The largest absolute Gasteiger partial charge is 0.310 e. The molecule has 0 aliphatic carbocycles. The fourth-order valence-corrected chi connectivity index (χ4v) is 8.99. The topological polar surface area (TPSA) is 8.17 Å². The molecule has 0 saturated heterocycles. The molecule has 0 saturated carbocycles. The minimum Gasteiger partial charge on any atom is -0.310 e. The Bertz CT molecular complexity index is 2920. The van der Waals surface area contributed by atoms with Crippen molar-refractivity contribution in [1.82, 2.24) is 4.57 Å². The quantitative estimate of drug-likeness (QED) is 0.162. The zero-order chi connectivity index (χ0) is 41.1. The van der Waals surface area contributed by atoms with Crippen LogP contribution >= 0.6 is 0 Å². The van der Waals surface area contributed by atoms with Crippen molar-refractivity contribution in [3.8, 4) is 5.69 Å². The molecule has 9 rings (SSSR count). The Kier molecular flexibility index (Phi) is 8.47. The van der Waals surface area contributed by atoms with Crippen LogP contribution in [-0.4, -0.2) is 4.57 Å². The van der Waals surface area contributed by atoms with Crippen LogP contribution in [0.2, 0.25) is 0 Å². The van der Waals surface area contributed by atoms with Crippen LogP contribution in [0.15, 0.2) is 133 Å². The standard InChI is InChI=1S/C56H58N2/c1-53(2,3)37-22-28-49-45(33-37)46-34-38(54(4,5)6)23-29-50(46)58(49)48-27-21-36-18-24-43-47(26-20-35-19-25-44(48)52(36)51(35)43)57(41-16-14-13-15-17-41)42-31-39(55(7,8)9)30-40(32-42)56(10,11)12/h13-34H,1-12H3. The molecule has 9 aromatic rings. The molecule has 0 unspecified atom stereocenters. The molecule has 0 N–H and O–H groups in total. The van der Waals surface area contributed by atoms with E-state index >= 15 is 0 Å². The maximum absolute atomic E-state index is 2.53. The summed E-state index contributed by atoms with van der Waals surface area (Å²) in [5, 5.41) is 10.3. The van der Waals surface area contributed by atoms with Crippen LogP contribution in [0.3, 0.4) is 0 Å². The highest BCUT2D eigenvalue weighted by molar-refractivity contribution is 6.27. The zero-order valence-electron chi connectivity index (χ0n) is 36.6. The van der Waals surface area contributed by atoms with Gasteiger partial charge in [0.1, 0.15) is 0 Å². The highest BCUT2D eigenvalue weighted by Crippen LogP contribution is 2.47. The van der Waals surface area contributed by atoms with Crippen molar-refractivity contribution < 1.29 is 0 Å². The molecule has 292 valence electrons. The second kappa shape index (κ2) is 13.0. The first-order chi connectivity index (χ1) is 27.3. The van der Waals surface area contributed by atoms with Gasteiger partial charge in [-0.15, -0.1) is 0 Å². The van der Waals surface area contributed by atoms with Gasteiger partial charge in [0.15, 0.2) is 0 Å². The van der Waals surface area contributed by atoms with Crippen LogP contribution in [0.25, 0.3) is 59.8 Å². The molecule has 0 amide bonds. The summed E-state index contributed by atoms with van der Waals surface area (Å²) in [5.41, 5.74) is 12.7. The molecular formula is C56H58N2. The van der Waals surface area contributed by atoms with E-state index in [2.05, 4.69) is 226 Å². The molecule has 2 nitrogen and oxygen atoms in total. The second-order valence-electron chi connectivity index (χ2n) is 20.8. The Morgan fingerprint density at radius 2 is 0.828 bits per heavy atom. The number of fused-ring (bicyclic) bond motifs is 3. The van der Waals surface area contributed by atoms with Gasteiger partial charge in [-0.2, -0.15) is 0 Å². The normalized spacial score (nSPS) is 13.2. The first-order valence-corrected chi connectivity index (χ1v) is 21.1. The fourth-order valence-electron chi connectivity index (χ4n) is 8.99. The Balaban J connectivity index is 1.34. The van der Waals surface area contributed by atoms with Gasteiger partial charge < -0.3 is 9.47 Å². The smallest absolute Gasteiger partial charge is 0.0541 e. The van der Waals surface area contributed by atoms with E-state index in [1.807, 2.05) is 0 Å². The second-order valence-corrected chi connectivity index (χ2v) is 20.8. The van der Waals surface area contributed by atoms with Gasteiger partial charge in [0.25, 0.3) is 0 Å². The number of anilines is 3. The van der Waals surface area contributed by atoms with Gasteiger partial charge in [-0.25, -0.2) is 0 Å². The summed E-state index contributed by atoms with van der Waals surface area (Å²) in [5.74, 6) is 0. The summed E-state index contributed by atoms with van der Waals surface area (Å²) in [6, 6.07) is 51.2. The summed E-state index contributed by atoms with van der Waals surface area (Å²) in [7, 11) is 0. The maximum atomic E-state index is 2.53. The monoisotopic (exact) mass is 758 g/mol. The summed E-state index contributed by atoms with van der Waals surface area (Å²) < 4.78 is 2.53. The van der Waals surface area contributed by atoms with E-state index < -0.39 is 0 Å². The average Bonchev–Trinajstić information content (AvgIpc) is 3.49. The minimum atomic E-state index is -0.00708. The number of hydrogen-bond acceptors (Lipinski definition) is 1. The number of benzene rings is 8. The van der Waals surface area contributed by atoms with Crippen LogP contribution in [0.1, 0.15) is 105 Å². The van der Waals surface area contributed by atoms with Gasteiger partial charge in [0.2, 0.25) is 0 Å². The Labute approximate surface area is 345 Å². The van der Waals surface area contributed by atoms with E-state index in [0.717, 1.165) is 5.69 Å². The molecule has 0 radical (unpaired) electrons. The Morgan fingerprint density at radius 3 is 1.34 bits per heavy atom. The third-order valence-electron chi connectivity index (χ3n) is 12.5. The molecule has 0 atom stereocenters. The zero-order valence-corrected chi connectivity index (χ0v) is 36.6. The van der Waals surface area contributed by atoms with Crippen molar-refractivity contribution in [2.75, 3.05) is 4.90 Å². The Hall–Kier alpha value is -5.60. The van der Waals surface area contributed by atoms with Crippen molar-refractivity contribution in [3.63, 3.8) is 0 Å². The van der Waals surface area contributed by atoms with Crippen LogP contribution < -0.4 is 4.90 Å². The van der Waals surface area contributed by atoms with E-state index in [0.29, 0.717) is 0 Å². The summed E-state index contributed by atoms with van der Waals surface area (Å²) in [6.07, 6.45) is 0. The van der Waals surface area contributed by atoms with Crippen LogP contribution in [0.5, 0.6) is 0 Å². The van der Waals surface area contributed by atoms with Gasteiger partial charge >= 0.3 is 0 Å². The molecule has 1 heterocycles. The predicted molar refractivity (Wildman–Crippen MR) is 254 cm³/mol. The minimum absolute atomic E-state index is 0.00708. The van der Waals surface area contributed by atoms with Crippen LogP contribution in [0, 0.1) is 0 Å². The molecule has 1 aromatic heterocycles. The molecule has 0 spiro atoms. The lowest BCUT2D eigenvalue weighted by Gasteiger charge is -2.32. The first-order valence-electron chi connectivity index (χ1n) is 21.1. The summed E-state index contributed by atoms with van der Waals surface area (Å²) in [6.45, 7) is 27.8. The number of rotatable bonds is 4. The van der Waals surface area contributed by atoms with E-state index in [4.69, 9.17) is 0 Å². The molecule has 0 aliphatic rings. The molecular weight excluding hydrogens is 701 g/mol. The van der Waals surface area contributed by atoms with Crippen molar-refractivity contribution in [2.24, 2.45) is 0 Å². The average molecular weight is 759 g/mol. The summed E-state index contributed by atoms with van der Waals surface area (Å²) >= 11 is 0. The van der Waals surface area contributed by atoms with Gasteiger partial charge in [0.05, 0.1) is 22.4 Å². The van der Waals surface area contributed by atoms with Gasteiger partial charge in [-0.3, -0.25) is 0 Å². The third-order valence-corrected chi connectivity index (χ3v) is 12.5. The van der Waals surface area contributed by atoms with Crippen molar-refractivity contribution in [2.45, 2.75) is 105 Å². The van der Waals surface area contributed by atoms with Crippen LogP contribution in [0.4, 0.5) is 17.1 Å². The van der Waals surface area contributed by atoms with Crippen molar-refractivity contribution >= 4 is 71.2 Å². The third kappa shape index (κ3) is 6.24. The van der Waals surface area contributed by atoms with E-state index in [9.17, 15) is 0 Å². The molecule has 0 aliphatic heterocycles. The van der Waals surface area contributed by atoms with Gasteiger partial charge in [-0.1, -0.05) is 156 Å². The van der Waals surface area contributed by atoms with Crippen molar-refractivity contribution in [3.05, 3.63) is 156 Å². The van der Waals surface area contributed by atoms with Crippen molar-refractivity contribution in [1.29, 1.82) is 0 Å². The summed E-state index contributed by atoms with van der Waals surface area (Å²) in [4.78, 5) is 2.49. The number of para-hydroxylation sites is 1. The van der Waals surface area contributed by atoms with Gasteiger partial charge in [-0.05, 0) is 126 Å². The van der Waals surface area contributed by atoms with E-state index in [1.54, 1.807) is 0 Å². The number of hydrogen-bond donors (Lipinski definition) is 0. The SMILES string of the molecule is CC(C)(C)c1cc(N(c2ccccc2)c2ccc3ccc4c(-n5c6ccc(C(C)(C)C)cc6c6cc(C(C)(C)C)ccc65)ccc5ccc2c3c54)cc(C(C)(C)C)c1. The maximum Gasteiger partial charge on any atom is 0.0541 e. The number of aromatic nitrogens is 1. The van der Waals surface area contributed by atoms with Crippen LogP contribution in [-0.2, 0) is 21.7 Å². The lowest BCUT2D eigenvalue weighted by molar-refractivity contribution is 0.569. The molecule has 2 heteroatoms. The highest BCUT2D eigenvalue weighted by atomic mass is 15.1. The lowest BCUT2D eigenvalue weighted by Crippen LogP contribution is -2.19. The van der Waals surface area contributed by atoms with Gasteiger partial charge in [0, 0.05) is 32.9 Å². The highest BCUT2D eigenvalue weighted by Gasteiger charge is 2.26.